The highest BCUT2D eigenvalue weighted by Crippen LogP contribution is 2.22. The predicted molar refractivity (Wildman–Crippen MR) is 70.8 cm³/mol. The van der Waals surface area contributed by atoms with Gasteiger partial charge in [0.1, 0.15) is 11.9 Å². The lowest BCUT2D eigenvalue weighted by molar-refractivity contribution is -0.0396. The minimum Gasteiger partial charge on any atom is -0.357 e. The number of rotatable bonds is 2. The van der Waals surface area contributed by atoms with E-state index in [0.29, 0.717) is 5.69 Å². The highest BCUT2D eigenvalue weighted by atomic mass is 16.5. The Labute approximate surface area is 113 Å². The second-order valence-corrected chi connectivity index (χ2v) is 5.36. The molecule has 0 bridgehead atoms. The monoisotopic (exact) mass is 263 g/mol. The number of ether oxygens (including phenoxy) is 1. The van der Waals surface area contributed by atoms with Gasteiger partial charge < -0.3 is 9.64 Å². The second kappa shape index (κ2) is 5.74. The molecule has 2 fully saturated rings. The molecule has 1 amide bonds. The van der Waals surface area contributed by atoms with E-state index >= 15 is 0 Å². The van der Waals surface area contributed by atoms with Crippen molar-refractivity contribution in [1.82, 2.24) is 14.7 Å². The molecule has 19 heavy (non-hydrogen) atoms. The Morgan fingerprint density at radius 3 is 2.79 bits per heavy atom. The van der Waals surface area contributed by atoms with Gasteiger partial charge in [0.05, 0.1) is 0 Å². The van der Waals surface area contributed by atoms with Crippen LogP contribution in [0.3, 0.4) is 0 Å². The molecule has 0 aliphatic carbocycles. The molecule has 1 aromatic heterocycles. The van der Waals surface area contributed by atoms with Crippen LogP contribution in [0.5, 0.6) is 0 Å². The number of piperidine rings is 1. The zero-order chi connectivity index (χ0) is 13.1. The highest BCUT2D eigenvalue weighted by molar-refractivity contribution is 5.92. The fraction of sp³-hybridized carbons (Fsp3) is 0.714. The van der Waals surface area contributed by atoms with E-state index in [4.69, 9.17) is 4.74 Å². The van der Waals surface area contributed by atoms with Crippen molar-refractivity contribution < 1.29 is 9.53 Å². The van der Waals surface area contributed by atoms with Crippen LogP contribution in [0.4, 0.5) is 0 Å². The van der Waals surface area contributed by atoms with Gasteiger partial charge in [0.15, 0.2) is 0 Å². The van der Waals surface area contributed by atoms with E-state index in [-0.39, 0.29) is 12.1 Å². The third-order valence-electron chi connectivity index (χ3n) is 3.92. The molecular formula is C14H21N3O2. The molecule has 0 N–H and O–H groups in total. The molecule has 2 aliphatic rings. The Hall–Kier alpha value is -1.36. The van der Waals surface area contributed by atoms with E-state index in [0.717, 1.165) is 45.4 Å². The van der Waals surface area contributed by atoms with Crippen molar-refractivity contribution in [3.05, 3.63) is 18.0 Å². The van der Waals surface area contributed by atoms with E-state index in [1.165, 1.54) is 12.8 Å². The summed E-state index contributed by atoms with van der Waals surface area (Å²) in [6, 6.07) is 1.81. The first-order valence-corrected chi connectivity index (χ1v) is 7.30. The first-order valence-electron chi connectivity index (χ1n) is 7.30. The van der Waals surface area contributed by atoms with Crippen LogP contribution < -0.4 is 0 Å². The smallest absolute Gasteiger partial charge is 0.274 e. The zero-order valence-electron chi connectivity index (χ0n) is 11.3. The summed E-state index contributed by atoms with van der Waals surface area (Å²) in [7, 11) is 0. The number of nitrogens with zero attached hydrogens (tertiary/aromatic N) is 3. The lowest BCUT2D eigenvalue weighted by Crippen LogP contribution is -2.36. The molecule has 1 aromatic rings. The van der Waals surface area contributed by atoms with Crippen LogP contribution >= 0.6 is 0 Å². The van der Waals surface area contributed by atoms with Crippen molar-refractivity contribution in [2.75, 3.05) is 19.7 Å². The number of hydrogen-bond acceptors (Lipinski definition) is 3. The number of likely N-dealkylation sites (tertiary alicyclic amines) is 1. The molecule has 1 unspecified atom stereocenters. The molecule has 5 nitrogen and oxygen atoms in total. The van der Waals surface area contributed by atoms with E-state index in [9.17, 15) is 4.79 Å². The van der Waals surface area contributed by atoms with E-state index in [1.54, 1.807) is 4.68 Å². The minimum absolute atomic E-state index is 0.0108. The summed E-state index contributed by atoms with van der Waals surface area (Å²) in [5, 5.41) is 4.41. The van der Waals surface area contributed by atoms with Gasteiger partial charge in [-0.1, -0.05) is 0 Å². The molecule has 5 heteroatoms. The van der Waals surface area contributed by atoms with Gasteiger partial charge in [-0.25, -0.2) is 4.68 Å². The lowest BCUT2D eigenvalue weighted by atomic mass is 10.1. The Bertz CT molecular complexity index is 432. The molecule has 2 saturated heterocycles. The summed E-state index contributed by atoms with van der Waals surface area (Å²) in [6.45, 7) is 2.52. The van der Waals surface area contributed by atoms with Crippen LogP contribution in [-0.4, -0.2) is 40.3 Å². The van der Waals surface area contributed by atoms with Crippen LogP contribution in [0.25, 0.3) is 0 Å². The van der Waals surface area contributed by atoms with E-state index in [2.05, 4.69) is 5.10 Å². The molecule has 0 aromatic carbocycles. The lowest BCUT2D eigenvalue weighted by Gasteiger charge is -2.26. The molecule has 2 aliphatic heterocycles. The van der Waals surface area contributed by atoms with Crippen LogP contribution in [0, 0.1) is 0 Å². The third kappa shape index (κ3) is 2.81. The van der Waals surface area contributed by atoms with Gasteiger partial charge in [-0.2, -0.15) is 5.10 Å². The van der Waals surface area contributed by atoms with Gasteiger partial charge in [-0.05, 0) is 44.6 Å². The van der Waals surface area contributed by atoms with E-state index < -0.39 is 0 Å². The minimum atomic E-state index is 0.0108. The first-order chi connectivity index (χ1) is 9.34. The van der Waals surface area contributed by atoms with Crippen molar-refractivity contribution in [3.8, 4) is 0 Å². The number of amides is 1. The maximum absolute atomic E-state index is 12.3. The molecule has 0 saturated carbocycles. The molecular weight excluding hydrogens is 242 g/mol. The van der Waals surface area contributed by atoms with E-state index in [1.807, 2.05) is 17.2 Å². The summed E-state index contributed by atoms with van der Waals surface area (Å²) >= 11 is 0. The Morgan fingerprint density at radius 2 is 2.05 bits per heavy atom. The van der Waals surface area contributed by atoms with Gasteiger partial charge in [-0.3, -0.25) is 4.79 Å². The fourth-order valence-electron chi connectivity index (χ4n) is 2.80. The zero-order valence-corrected chi connectivity index (χ0v) is 11.3. The molecule has 0 spiro atoms. The van der Waals surface area contributed by atoms with Crippen LogP contribution in [0.1, 0.15) is 55.2 Å². The van der Waals surface area contributed by atoms with Crippen LogP contribution in [0.2, 0.25) is 0 Å². The normalized spacial score (nSPS) is 24.4. The second-order valence-electron chi connectivity index (χ2n) is 5.36. The topological polar surface area (TPSA) is 47.4 Å². The standard InChI is InChI=1S/C14H21N3O2/c18-14(16-8-3-1-4-9-16)12-7-10-17(15-12)13-6-2-5-11-19-13/h7,10,13H,1-6,8-9,11H2. The maximum Gasteiger partial charge on any atom is 0.274 e. The van der Waals surface area contributed by atoms with Crippen molar-refractivity contribution in [2.45, 2.75) is 44.8 Å². The summed E-state index contributed by atoms with van der Waals surface area (Å²) in [5.41, 5.74) is 0.552. The Morgan fingerprint density at radius 1 is 1.21 bits per heavy atom. The Balaban J connectivity index is 1.67. The van der Waals surface area contributed by atoms with Crippen molar-refractivity contribution in [1.29, 1.82) is 0 Å². The summed E-state index contributed by atoms with van der Waals surface area (Å²) in [4.78, 5) is 14.2. The number of carbonyl (C=O) groups is 1. The van der Waals surface area contributed by atoms with Gasteiger partial charge in [0, 0.05) is 25.9 Å². The quantitative estimate of drug-likeness (QED) is 0.822. The van der Waals surface area contributed by atoms with Gasteiger partial charge in [-0.15, -0.1) is 0 Å². The van der Waals surface area contributed by atoms with Crippen LogP contribution in [-0.2, 0) is 4.74 Å². The SMILES string of the molecule is O=C(c1ccn(C2CCCCO2)n1)N1CCCCC1. The van der Waals surface area contributed by atoms with Crippen molar-refractivity contribution in [3.63, 3.8) is 0 Å². The summed E-state index contributed by atoms with van der Waals surface area (Å²) < 4.78 is 7.48. The average molecular weight is 263 g/mol. The summed E-state index contributed by atoms with van der Waals surface area (Å²) in [5.74, 6) is 0.0641. The molecule has 3 rings (SSSR count). The van der Waals surface area contributed by atoms with Gasteiger partial charge in [0.25, 0.3) is 5.91 Å². The van der Waals surface area contributed by atoms with Crippen molar-refractivity contribution >= 4 is 5.91 Å². The molecule has 0 radical (unpaired) electrons. The van der Waals surface area contributed by atoms with Gasteiger partial charge in [0.2, 0.25) is 0 Å². The first kappa shape index (κ1) is 12.7. The maximum atomic E-state index is 12.3. The largest absolute Gasteiger partial charge is 0.357 e. The van der Waals surface area contributed by atoms with Gasteiger partial charge >= 0.3 is 0 Å². The summed E-state index contributed by atoms with van der Waals surface area (Å²) in [6.07, 6.45) is 8.60. The number of carbonyl (C=O) groups excluding carboxylic acids is 1. The molecule has 3 heterocycles. The highest BCUT2D eigenvalue weighted by Gasteiger charge is 2.22. The predicted octanol–water partition coefficient (Wildman–Crippen LogP) is 2.21. The molecule has 1 atom stereocenters. The fourth-order valence-corrected chi connectivity index (χ4v) is 2.80. The Kier molecular flexibility index (Phi) is 3.82. The van der Waals surface area contributed by atoms with Crippen molar-refractivity contribution in [2.24, 2.45) is 0 Å². The average Bonchev–Trinajstić information content (AvgIpc) is 2.98. The number of aromatic nitrogens is 2. The number of hydrogen-bond donors (Lipinski definition) is 0. The van der Waals surface area contributed by atoms with Crippen LogP contribution in [0.15, 0.2) is 12.3 Å². The third-order valence-corrected chi connectivity index (χ3v) is 3.92. The molecule has 104 valence electrons.